The normalized spacial score (nSPS) is 18.8. The minimum atomic E-state index is -4.55. The van der Waals surface area contributed by atoms with Crippen molar-refractivity contribution in [3.63, 3.8) is 0 Å². The van der Waals surface area contributed by atoms with Gasteiger partial charge in [0, 0.05) is 79.7 Å². The van der Waals surface area contributed by atoms with E-state index in [4.69, 9.17) is 21.7 Å². The van der Waals surface area contributed by atoms with Crippen LogP contribution < -0.4 is 4.90 Å². The van der Waals surface area contributed by atoms with Crippen LogP contribution in [0.5, 0.6) is 0 Å². The van der Waals surface area contributed by atoms with Crippen molar-refractivity contribution in [3.05, 3.63) is 62.7 Å². The lowest BCUT2D eigenvalue weighted by Gasteiger charge is -2.36. The molecular formula is C29H33ClF3N5O2S. The summed E-state index contributed by atoms with van der Waals surface area (Å²) in [6.45, 7) is 7.49. The van der Waals surface area contributed by atoms with E-state index >= 15 is 0 Å². The molecule has 1 atom stereocenters. The summed E-state index contributed by atoms with van der Waals surface area (Å²) >= 11 is 7.44. The van der Waals surface area contributed by atoms with Crippen LogP contribution in [0.25, 0.3) is 11.3 Å². The Morgan fingerprint density at radius 1 is 1.15 bits per heavy atom. The zero-order chi connectivity index (χ0) is 29.1. The third kappa shape index (κ3) is 7.38. The summed E-state index contributed by atoms with van der Waals surface area (Å²) in [6.07, 6.45) is 0.0383. The van der Waals surface area contributed by atoms with Gasteiger partial charge in [0.05, 0.1) is 27.7 Å². The predicted octanol–water partition coefficient (Wildman–Crippen LogP) is 6.05. The maximum Gasteiger partial charge on any atom is 0.417 e. The zero-order valence-electron chi connectivity index (χ0n) is 22.8. The fraction of sp³-hybridized carbons (Fsp3) is 0.483. The highest BCUT2D eigenvalue weighted by Gasteiger charge is 2.34. The molecule has 1 N–H and O–H groups in total. The van der Waals surface area contributed by atoms with Gasteiger partial charge in [-0.1, -0.05) is 17.7 Å². The second-order valence-corrected chi connectivity index (χ2v) is 12.3. The average Bonchev–Trinajstić information content (AvgIpc) is 3.53. The molecule has 0 radical (unpaired) electrons. The van der Waals surface area contributed by atoms with Gasteiger partial charge in [0.25, 0.3) is 0 Å². The Balaban J connectivity index is 1.37. The Bertz CT molecular complexity index is 1380. The van der Waals surface area contributed by atoms with E-state index in [2.05, 4.69) is 26.6 Å². The van der Waals surface area contributed by atoms with Crippen LogP contribution in [0.3, 0.4) is 0 Å². The summed E-state index contributed by atoms with van der Waals surface area (Å²) < 4.78 is 41.0. The summed E-state index contributed by atoms with van der Waals surface area (Å²) in [5, 5.41) is 9.42. The standard InChI is InChI=1S/C29H33ClF3N5O2S/c1-19-3-2-9-38(19)18-25-28(20-4-5-24(30)23(15-20)29(31,32)33)35-26(41-25)17-21-16-22(6-8-34-21)37-13-11-36(12-14-37)10-7-27(39)40/h4-6,8,15-16,19H,2-3,7,9-14,17-18H2,1H3,(H,39,40)/t19-/m1/s1. The van der Waals surface area contributed by atoms with E-state index in [-0.39, 0.29) is 11.4 Å². The number of halogens is 4. The van der Waals surface area contributed by atoms with Crippen molar-refractivity contribution >= 4 is 34.6 Å². The first-order chi connectivity index (χ1) is 19.6. The number of hydrogen-bond acceptors (Lipinski definition) is 7. The van der Waals surface area contributed by atoms with Gasteiger partial charge in [0.15, 0.2) is 0 Å². The molecule has 0 aliphatic carbocycles. The first-order valence-electron chi connectivity index (χ1n) is 13.8. The van der Waals surface area contributed by atoms with E-state index < -0.39 is 17.7 Å². The molecule has 3 aromatic rings. The number of pyridine rings is 1. The summed E-state index contributed by atoms with van der Waals surface area (Å²) in [6, 6.07) is 8.44. The second kappa shape index (κ2) is 12.6. The van der Waals surface area contributed by atoms with Crippen LogP contribution in [0.4, 0.5) is 18.9 Å². The van der Waals surface area contributed by atoms with Crippen LogP contribution in [-0.4, -0.2) is 76.2 Å². The minimum absolute atomic E-state index is 0.140. The van der Waals surface area contributed by atoms with Gasteiger partial charge in [0.2, 0.25) is 0 Å². The summed E-state index contributed by atoms with van der Waals surface area (Å²) in [7, 11) is 0. The number of aliphatic carboxylic acids is 1. The fourth-order valence-electron chi connectivity index (χ4n) is 5.51. The number of alkyl halides is 3. The number of thiazole rings is 1. The minimum Gasteiger partial charge on any atom is -0.481 e. The lowest BCUT2D eigenvalue weighted by atomic mass is 10.1. The fourth-order valence-corrected chi connectivity index (χ4v) is 6.86. The van der Waals surface area contributed by atoms with Gasteiger partial charge in [-0.05, 0) is 50.6 Å². The number of anilines is 1. The summed E-state index contributed by atoms with van der Waals surface area (Å²) in [4.78, 5) is 28.0. The molecule has 220 valence electrons. The van der Waals surface area contributed by atoms with Crippen molar-refractivity contribution in [1.82, 2.24) is 19.8 Å². The van der Waals surface area contributed by atoms with Crippen molar-refractivity contribution in [2.45, 2.75) is 51.4 Å². The van der Waals surface area contributed by atoms with Crippen LogP contribution in [0.2, 0.25) is 5.02 Å². The number of nitrogens with zero attached hydrogens (tertiary/aromatic N) is 5. The van der Waals surface area contributed by atoms with Crippen LogP contribution in [-0.2, 0) is 23.9 Å². The molecular weight excluding hydrogens is 575 g/mol. The van der Waals surface area contributed by atoms with Crippen LogP contribution in [0.1, 0.15) is 47.3 Å². The maximum atomic E-state index is 13.7. The van der Waals surface area contributed by atoms with Crippen LogP contribution in [0, 0.1) is 0 Å². The van der Waals surface area contributed by atoms with Gasteiger partial charge < -0.3 is 10.0 Å². The Labute approximate surface area is 246 Å². The molecule has 0 bridgehead atoms. The van der Waals surface area contributed by atoms with Gasteiger partial charge in [-0.3, -0.25) is 19.6 Å². The molecule has 2 aromatic heterocycles. The smallest absolute Gasteiger partial charge is 0.417 e. The number of carboxylic acids is 1. The Hall–Kier alpha value is -2.73. The number of likely N-dealkylation sites (tertiary alicyclic amines) is 1. The maximum absolute atomic E-state index is 13.7. The van der Waals surface area contributed by atoms with Crippen molar-refractivity contribution in [3.8, 4) is 11.3 Å². The predicted molar refractivity (Wildman–Crippen MR) is 155 cm³/mol. The molecule has 0 amide bonds. The number of hydrogen-bond donors (Lipinski definition) is 1. The third-order valence-corrected chi connectivity index (χ3v) is 9.21. The highest BCUT2D eigenvalue weighted by atomic mass is 35.5. The van der Waals surface area contributed by atoms with Gasteiger partial charge >= 0.3 is 12.1 Å². The Kier molecular flexibility index (Phi) is 9.18. The van der Waals surface area contributed by atoms with Gasteiger partial charge in [0.1, 0.15) is 0 Å². The number of carboxylic acid groups (broad SMARTS) is 1. The molecule has 41 heavy (non-hydrogen) atoms. The van der Waals surface area contributed by atoms with Gasteiger partial charge in [-0.2, -0.15) is 13.2 Å². The van der Waals surface area contributed by atoms with E-state index in [1.54, 1.807) is 12.3 Å². The highest BCUT2D eigenvalue weighted by Crippen LogP contribution is 2.39. The van der Waals surface area contributed by atoms with Gasteiger partial charge in [-0.25, -0.2) is 4.98 Å². The molecule has 2 aliphatic heterocycles. The van der Waals surface area contributed by atoms with Crippen LogP contribution >= 0.6 is 22.9 Å². The molecule has 0 unspecified atom stereocenters. The first-order valence-corrected chi connectivity index (χ1v) is 15.0. The Morgan fingerprint density at radius 2 is 1.93 bits per heavy atom. The lowest BCUT2D eigenvalue weighted by molar-refractivity contribution is -0.138. The first kappa shape index (κ1) is 29.8. The number of benzene rings is 1. The lowest BCUT2D eigenvalue weighted by Crippen LogP contribution is -2.47. The molecule has 4 heterocycles. The number of rotatable bonds is 9. The van der Waals surface area contributed by atoms with Crippen molar-refractivity contribution in [2.75, 3.05) is 44.2 Å². The molecule has 5 rings (SSSR count). The number of aromatic nitrogens is 2. The zero-order valence-corrected chi connectivity index (χ0v) is 24.4. The van der Waals surface area contributed by atoms with E-state index in [1.165, 1.54) is 17.4 Å². The van der Waals surface area contributed by atoms with E-state index in [0.29, 0.717) is 36.8 Å². The summed E-state index contributed by atoms with van der Waals surface area (Å²) in [5.74, 6) is -0.786. The van der Waals surface area contributed by atoms with Gasteiger partial charge in [-0.15, -0.1) is 11.3 Å². The molecule has 2 aliphatic rings. The molecule has 12 heteroatoms. The van der Waals surface area contributed by atoms with Crippen molar-refractivity contribution < 1.29 is 23.1 Å². The molecule has 1 aromatic carbocycles. The summed E-state index contributed by atoms with van der Waals surface area (Å²) in [5.41, 5.74) is 2.00. The molecule has 7 nitrogen and oxygen atoms in total. The molecule has 0 saturated carbocycles. The highest BCUT2D eigenvalue weighted by molar-refractivity contribution is 7.12. The van der Waals surface area contributed by atoms with Crippen LogP contribution in [0.15, 0.2) is 36.5 Å². The van der Waals surface area contributed by atoms with E-state index in [0.717, 1.165) is 72.9 Å². The molecule has 2 saturated heterocycles. The van der Waals surface area contributed by atoms with Crippen molar-refractivity contribution in [1.29, 1.82) is 0 Å². The topological polar surface area (TPSA) is 72.8 Å². The van der Waals surface area contributed by atoms with Crippen molar-refractivity contribution in [2.24, 2.45) is 0 Å². The SMILES string of the molecule is C[C@@H]1CCCN1Cc1sc(Cc2cc(N3CCN(CCC(=O)O)CC3)ccn2)nc1-c1ccc(Cl)c(C(F)(F)F)c1. The Morgan fingerprint density at radius 3 is 2.61 bits per heavy atom. The monoisotopic (exact) mass is 607 g/mol. The largest absolute Gasteiger partial charge is 0.481 e. The molecule has 2 fully saturated rings. The number of carbonyl (C=O) groups is 1. The molecule has 0 spiro atoms. The van der Waals surface area contributed by atoms with E-state index in [1.807, 2.05) is 12.1 Å². The quantitative estimate of drug-likeness (QED) is 0.318. The average molecular weight is 608 g/mol. The van der Waals surface area contributed by atoms with E-state index in [9.17, 15) is 18.0 Å². The third-order valence-electron chi connectivity index (χ3n) is 7.84. The number of piperazine rings is 1. The second-order valence-electron chi connectivity index (χ2n) is 10.7.